The molecule has 0 saturated heterocycles. The van der Waals surface area contributed by atoms with Crippen molar-refractivity contribution in [2.45, 2.75) is 6.92 Å². The van der Waals surface area contributed by atoms with Crippen LogP contribution in [0.15, 0.2) is 225 Å². The van der Waals surface area contributed by atoms with Crippen LogP contribution in [0.2, 0.25) is 0 Å². The van der Waals surface area contributed by atoms with E-state index in [2.05, 4.69) is 217 Å². The lowest BCUT2D eigenvalue weighted by molar-refractivity contribution is -0.674. The number of esters is 1. The summed E-state index contributed by atoms with van der Waals surface area (Å²) >= 11 is 0. The number of aryl methyl sites for hydroxylation is 3. The number of nitrogens with zero attached hydrogens (tertiary/aromatic N) is 3. The first-order chi connectivity index (χ1) is 32.4. The normalized spacial score (nSPS) is 11.7. The van der Waals surface area contributed by atoms with Crippen LogP contribution < -0.4 is 13.7 Å². The maximum absolute atomic E-state index is 14.4. The van der Waals surface area contributed by atoms with E-state index in [1.54, 1.807) is 16.9 Å². The SMILES string of the molecule is Cc1ccc2ccccc2c1-c1cc(-c2ccccc2)c2ccccc2[n+]1C(=COC(=O)c1cccc[n+]1C)c1ccc2ccccc2c1-c1cc(-c2ccccc2)c2ccccc2[n+]1C. The predicted octanol–water partition coefficient (Wildman–Crippen LogP) is 12.9. The molecule has 0 fully saturated rings. The van der Waals surface area contributed by atoms with Crippen molar-refractivity contribution in [1.82, 2.24) is 0 Å². The van der Waals surface area contributed by atoms with E-state index in [1.165, 1.54) is 0 Å². The van der Waals surface area contributed by atoms with Gasteiger partial charge in [0.05, 0.1) is 27.5 Å². The summed E-state index contributed by atoms with van der Waals surface area (Å²) in [5.41, 5.74) is 13.7. The standard InChI is InChI=1S/C61H46N3O2/c1-41-33-34-44-24-10-12-26-46(44)59(41)57-39-52(43-22-8-5-9-23-43)49-29-15-17-31-54(49)64(57)58(40-66-61(65)55-32-18-19-37-62(55)2)50-36-35-45-25-11-13-27-47(45)60(50)56-38-51(42-20-6-4-7-21-42)48-28-14-16-30-53(48)63(56)3/h4-40H,1-3H3/q+3. The van der Waals surface area contributed by atoms with E-state index in [4.69, 9.17) is 4.74 Å². The van der Waals surface area contributed by atoms with Crippen molar-refractivity contribution in [1.29, 1.82) is 0 Å². The van der Waals surface area contributed by atoms with E-state index < -0.39 is 5.97 Å². The molecule has 0 unspecified atom stereocenters. The lowest BCUT2D eigenvalue weighted by Crippen LogP contribution is -2.39. The molecule has 5 heteroatoms. The smallest absolute Gasteiger partial charge is 0.408 e. The minimum absolute atomic E-state index is 0.430. The highest BCUT2D eigenvalue weighted by Gasteiger charge is 2.34. The molecule has 0 aliphatic carbocycles. The lowest BCUT2D eigenvalue weighted by atomic mass is 9.90. The molecule has 0 aliphatic rings. The maximum atomic E-state index is 14.4. The quantitative estimate of drug-likeness (QED) is 0.0868. The fourth-order valence-electron chi connectivity index (χ4n) is 9.76. The molecule has 3 aromatic heterocycles. The number of aromatic nitrogens is 3. The van der Waals surface area contributed by atoms with Crippen molar-refractivity contribution in [3.05, 3.63) is 242 Å². The van der Waals surface area contributed by atoms with Crippen LogP contribution in [0, 0.1) is 6.92 Å². The third-order valence-corrected chi connectivity index (χ3v) is 13.0. The monoisotopic (exact) mass is 852 g/mol. The Labute approximate surface area is 384 Å². The van der Waals surface area contributed by atoms with Gasteiger partial charge in [-0.1, -0.05) is 152 Å². The summed E-state index contributed by atoms with van der Waals surface area (Å²) in [6.45, 7) is 2.18. The molecule has 8 aromatic carbocycles. The predicted molar refractivity (Wildman–Crippen MR) is 267 cm³/mol. The molecule has 11 rings (SSSR count). The summed E-state index contributed by atoms with van der Waals surface area (Å²) in [7, 11) is 4.01. The van der Waals surface area contributed by atoms with Crippen LogP contribution in [0.1, 0.15) is 21.6 Å². The summed E-state index contributed by atoms with van der Waals surface area (Å²) in [6, 6.07) is 74.5. The van der Waals surface area contributed by atoms with Crippen molar-refractivity contribution in [3.8, 4) is 44.8 Å². The first-order valence-corrected chi connectivity index (χ1v) is 22.3. The first-order valence-electron chi connectivity index (χ1n) is 22.3. The number of hydrogen-bond donors (Lipinski definition) is 0. The summed E-state index contributed by atoms with van der Waals surface area (Å²) in [5, 5.41) is 6.64. The second-order valence-electron chi connectivity index (χ2n) is 16.8. The number of hydrogen-bond acceptors (Lipinski definition) is 2. The second kappa shape index (κ2) is 16.9. The molecule has 314 valence electrons. The molecule has 5 nitrogen and oxygen atoms in total. The Bertz CT molecular complexity index is 3730. The van der Waals surface area contributed by atoms with Gasteiger partial charge in [-0.05, 0) is 69.4 Å². The van der Waals surface area contributed by atoms with Gasteiger partial charge in [0.2, 0.25) is 22.4 Å². The highest BCUT2D eigenvalue weighted by molar-refractivity contribution is 6.05. The van der Waals surface area contributed by atoms with Crippen LogP contribution in [-0.4, -0.2) is 5.97 Å². The average molecular weight is 853 g/mol. The number of rotatable bonds is 8. The van der Waals surface area contributed by atoms with Gasteiger partial charge in [-0.15, -0.1) is 4.57 Å². The molecule has 0 atom stereocenters. The Morgan fingerprint density at radius 3 is 1.65 bits per heavy atom. The summed E-state index contributed by atoms with van der Waals surface area (Å²) in [4.78, 5) is 14.4. The Balaban J connectivity index is 1.31. The molecule has 3 heterocycles. The minimum atomic E-state index is -0.464. The van der Waals surface area contributed by atoms with E-state index >= 15 is 0 Å². The van der Waals surface area contributed by atoms with Crippen molar-refractivity contribution < 1.29 is 23.2 Å². The molecule has 0 bridgehead atoms. The fourth-order valence-corrected chi connectivity index (χ4v) is 9.76. The van der Waals surface area contributed by atoms with Crippen molar-refractivity contribution in [3.63, 3.8) is 0 Å². The molecule has 0 saturated carbocycles. The van der Waals surface area contributed by atoms with E-state index in [9.17, 15) is 4.79 Å². The van der Waals surface area contributed by atoms with Gasteiger partial charge >= 0.3 is 5.97 Å². The molecule has 0 amide bonds. The van der Waals surface area contributed by atoms with E-state index in [1.807, 2.05) is 25.4 Å². The number of ether oxygens (including phenoxy) is 1. The van der Waals surface area contributed by atoms with Gasteiger partial charge in [0.1, 0.15) is 14.1 Å². The highest BCUT2D eigenvalue weighted by Crippen LogP contribution is 2.41. The number of para-hydroxylation sites is 2. The van der Waals surface area contributed by atoms with E-state index in [0.717, 1.165) is 99.2 Å². The second-order valence-corrected chi connectivity index (χ2v) is 16.8. The number of carbonyl (C=O) groups excluding carboxylic acids is 1. The van der Waals surface area contributed by atoms with Gasteiger partial charge in [0.25, 0.3) is 11.4 Å². The highest BCUT2D eigenvalue weighted by atomic mass is 16.5. The number of pyridine rings is 3. The third-order valence-electron chi connectivity index (χ3n) is 13.0. The van der Waals surface area contributed by atoms with Gasteiger partial charge in [0, 0.05) is 47.5 Å². The van der Waals surface area contributed by atoms with Crippen LogP contribution >= 0.6 is 0 Å². The van der Waals surface area contributed by atoms with Gasteiger partial charge in [-0.25, -0.2) is 4.79 Å². The number of fused-ring (bicyclic) bond motifs is 4. The number of benzene rings is 8. The summed E-state index contributed by atoms with van der Waals surface area (Å²) < 4.78 is 12.9. The van der Waals surface area contributed by atoms with Crippen LogP contribution in [0.3, 0.4) is 0 Å². The minimum Gasteiger partial charge on any atom is -0.419 e. The average Bonchev–Trinajstić information content (AvgIpc) is 3.37. The van der Waals surface area contributed by atoms with E-state index in [-0.39, 0.29) is 0 Å². The molecule has 0 radical (unpaired) electrons. The molecule has 66 heavy (non-hydrogen) atoms. The Hall–Kier alpha value is -8.54. The van der Waals surface area contributed by atoms with Crippen molar-refractivity contribution >= 4 is 55.0 Å². The van der Waals surface area contributed by atoms with Gasteiger partial charge in [-0.3, -0.25) is 0 Å². The number of carbonyl (C=O) groups is 1. The Morgan fingerprint density at radius 2 is 1.00 bits per heavy atom. The van der Waals surface area contributed by atoms with Gasteiger partial charge < -0.3 is 4.74 Å². The topological polar surface area (TPSA) is 37.9 Å². The zero-order chi connectivity index (χ0) is 44.7. The van der Waals surface area contributed by atoms with Crippen LogP contribution in [0.5, 0.6) is 0 Å². The summed E-state index contributed by atoms with van der Waals surface area (Å²) in [5.74, 6) is -0.464. The maximum Gasteiger partial charge on any atom is 0.408 e. The third kappa shape index (κ3) is 6.98. The fraction of sp³-hybridized carbons (Fsp3) is 0.0492. The molecular weight excluding hydrogens is 807 g/mol. The van der Waals surface area contributed by atoms with Crippen molar-refractivity contribution in [2.24, 2.45) is 14.1 Å². The lowest BCUT2D eigenvalue weighted by Gasteiger charge is -2.18. The summed E-state index contributed by atoms with van der Waals surface area (Å²) in [6.07, 6.45) is 3.54. The van der Waals surface area contributed by atoms with Gasteiger partial charge in [-0.2, -0.15) is 9.13 Å². The Morgan fingerprint density at radius 1 is 0.485 bits per heavy atom. The molecule has 0 N–H and O–H groups in total. The van der Waals surface area contributed by atoms with Crippen LogP contribution in [0.4, 0.5) is 0 Å². The molecule has 0 aliphatic heterocycles. The van der Waals surface area contributed by atoms with E-state index in [0.29, 0.717) is 11.4 Å². The van der Waals surface area contributed by atoms with Crippen molar-refractivity contribution in [2.75, 3.05) is 0 Å². The first kappa shape index (κ1) is 40.2. The van der Waals surface area contributed by atoms with Crippen LogP contribution in [0.25, 0.3) is 93.8 Å². The largest absolute Gasteiger partial charge is 0.419 e. The molecule has 11 aromatic rings. The Kier molecular flexibility index (Phi) is 10.3. The zero-order valence-corrected chi connectivity index (χ0v) is 37.0. The zero-order valence-electron chi connectivity index (χ0n) is 37.0. The van der Waals surface area contributed by atoms with Gasteiger partial charge in [0.15, 0.2) is 12.5 Å². The molecular formula is C61H46N3O2+3. The molecule has 0 spiro atoms. The van der Waals surface area contributed by atoms with Crippen LogP contribution in [-0.2, 0) is 18.8 Å².